The van der Waals surface area contributed by atoms with Crippen molar-refractivity contribution < 1.29 is 9.53 Å². The molecule has 7 heteroatoms. The molecule has 0 radical (unpaired) electrons. The maximum Gasteiger partial charge on any atom is 0.223 e. The van der Waals surface area contributed by atoms with E-state index in [1.807, 2.05) is 12.1 Å². The first-order valence-corrected chi connectivity index (χ1v) is 9.47. The highest BCUT2D eigenvalue weighted by Gasteiger charge is 2.27. The lowest BCUT2D eigenvalue weighted by molar-refractivity contribution is -0.126. The Kier molecular flexibility index (Phi) is 4.62. The van der Waals surface area contributed by atoms with E-state index in [2.05, 4.69) is 20.2 Å². The summed E-state index contributed by atoms with van der Waals surface area (Å²) in [6.45, 7) is 3.23. The van der Waals surface area contributed by atoms with Gasteiger partial charge in [-0.1, -0.05) is 11.3 Å². The number of amides is 1. The van der Waals surface area contributed by atoms with Crippen LogP contribution in [0.5, 0.6) is 0 Å². The van der Waals surface area contributed by atoms with Crippen molar-refractivity contribution in [2.45, 2.75) is 31.8 Å². The van der Waals surface area contributed by atoms with Gasteiger partial charge in [0, 0.05) is 38.4 Å². The average Bonchev–Trinajstić information content (AvgIpc) is 3.29. The van der Waals surface area contributed by atoms with E-state index < -0.39 is 0 Å². The summed E-state index contributed by atoms with van der Waals surface area (Å²) in [4.78, 5) is 24.6. The molecule has 0 bridgehead atoms. The van der Waals surface area contributed by atoms with Gasteiger partial charge in [-0.05, 0) is 37.8 Å². The predicted molar refractivity (Wildman–Crippen MR) is 94.3 cm³/mol. The standard InChI is InChI=1S/C17H22N4O2S/c22-15(19-11-13-3-2-10-23-13)12-5-8-21(9-6-12)17-20-14-4-1-7-18-16(14)24-17/h1,4,7,12-13H,2-3,5-6,8-11H2,(H,19,22). The minimum absolute atomic E-state index is 0.107. The summed E-state index contributed by atoms with van der Waals surface area (Å²) in [6, 6.07) is 3.91. The zero-order valence-electron chi connectivity index (χ0n) is 13.6. The molecule has 2 fully saturated rings. The van der Waals surface area contributed by atoms with Crippen molar-refractivity contribution in [1.82, 2.24) is 15.3 Å². The first-order valence-electron chi connectivity index (χ1n) is 8.65. The van der Waals surface area contributed by atoms with Gasteiger partial charge in [0.2, 0.25) is 5.91 Å². The molecule has 1 unspecified atom stereocenters. The molecule has 4 rings (SSSR count). The molecule has 1 atom stereocenters. The molecule has 6 nitrogen and oxygen atoms in total. The Morgan fingerprint density at radius 1 is 1.38 bits per heavy atom. The third kappa shape index (κ3) is 3.37. The highest BCUT2D eigenvalue weighted by atomic mass is 32.1. The fourth-order valence-electron chi connectivity index (χ4n) is 3.39. The van der Waals surface area contributed by atoms with Crippen molar-refractivity contribution in [3.63, 3.8) is 0 Å². The summed E-state index contributed by atoms with van der Waals surface area (Å²) in [7, 11) is 0. The van der Waals surface area contributed by atoms with Crippen molar-refractivity contribution >= 4 is 32.7 Å². The van der Waals surface area contributed by atoms with Crippen LogP contribution in [-0.4, -0.2) is 48.2 Å². The Balaban J connectivity index is 1.30. The van der Waals surface area contributed by atoms with E-state index in [1.165, 1.54) is 0 Å². The lowest BCUT2D eigenvalue weighted by atomic mass is 9.96. The van der Waals surface area contributed by atoms with Crippen molar-refractivity contribution in [3.05, 3.63) is 18.3 Å². The second kappa shape index (κ2) is 7.03. The van der Waals surface area contributed by atoms with E-state index in [4.69, 9.17) is 4.74 Å². The predicted octanol–water partition coefficient (Wildman–Crippen LogP) is 2.20. The van der Waals surface area contributed by atoms with Crippen molar-refractivity contribution in [1.29, 1.82) is 0 Å². The zero-order chi connectivity index (χ0) is 16.4. The molecule has 0 spiro atoms. The Bertz CT molecular complexity index is 672. The Morgan fingerprint density at radius 3 is 3.00 bits per heavy atom. The minimum Gasteiger partial charge on any atom is -0.376 e. The van der Waals surface area contributed by atoms with Crippen LogP contribution in [0.1, 0.15) is 25.7 Å². The van der Waals surface area contributed by atoms with Gasteiger partial charge in [0.15, 0.2) is 5.13 Å². The van der Waals surface area contributed by atoms with Crippen LogP contribution >= 0.6 is 11.3 Å². The SMILES string of the molecule is O=C(NCC1CCCO1)C1CCN(c2nc3cccnc3s2)CC1. The second-order valence-corrected chi connectivity index (χ2v) is 7.42. The molecule has 0 saturated carbocycles. The number of rotatable bonds is 4. The number of pyridine rings is 1. The molecule has 1 N–H and O–H groups in total. The Hall–Kier alpha value is -1.73. The second-order valence-electron chi connectivity index (χ2n) is 6.47. The van der Waals surface area contributed by atoms with Gasteiger partial charge in [-0.25, -0.2) is 9.97 Å². The summed E-state index contributed by atoms with van der Waals surface area (Å²) in [5.41, 5.74) is 0.953. The first kappa shape index (κ1) is 15.8. The maximum atomic E-state index is 12.3. The summed E-state index contributed by atoms with van der Waals surface area (Å²) >= 11 is 1.63. The van der Waals surface area contributed by atoms with Crippen molar-refractivity contribution in [2.24, 2.45) is 5.92 Å². The Labute approximate surface area is 145 Å². The molecule has 2 aromatic heterocycles. The summed E-state index contributed by atoms with van der Waals surface area (Å²) < 4.78 is 5.56. The lowest BCUT2D eigenvalue weighted by Gasteiger charge is -2.31. The summed E-state index contributed by atoms with van der Waals surface area (Å²) in [5.74, 6) is 0.284. The van der Waals surface area contributed by atoms with Crippen molar-refractivity contribution in [2.75, 3.05) is 31.1 Å². The van der Waals surface area contributed by atoms with Crippen LogP contribution in [0, 0.1) is 5.92 Å². The number of fused-ring (bicyclic) bond motifs is 1. The molecule has 1 amide bonds. The van der Waals surface area contributed by atoms with Crippen LogP contribution in [0.4, 0.5) is 5.13 Å². The topological polar surface area (TPSA) is 67.3 Å². The number of thiazole rings is 1. The molecular formula is C17H22N4O2S. The van der Waals surface area contributed by atoms with Gasteiger partial charge in [-0.2, -0.15) is 0 Å². The minimum atomic E-state index is 0.107. The zero-order valence-corrected chi connectivity index (χ0v) is 14.4. The largest absolute Gasteiger partial charge is 0.376 e. The quantitative estimate of drug-likeness (QED) is 0.919. The number of hydrogen-bond acceptors (Lipinski definition) is 6. The Morgan fingerprint density at radius 2 is 2.25 bits per heavy atom. The number of carbonyl (C=O) groups excluding carboxylic acids is 1. The van der Waals surface area contributed by atoms with Crippen LogP contribution in [0.15, 0.2) is 18.3 Å². The van der Waals surface area contributed by atoms with E-state index in [0.29, 0.717) is 6.54 Å². The molecule has 2 aliphatic rings. The first-order chi connectivity index (χ1) is 11.8. The van der Waals surface area contributed by atoms with Crippen LogP contribution in [0.25, 0.3) is 10.3 Å². The summed E-state index contributed by atoms with van der Waals surface area (Å²) in [6.07, 6.45) is 5.93. The number of nitrogens with zero attached hydrogens (tertiary/aromatic N) is 3. The molecule has 4 heterocycles. The summed E-state index contributed by atoms with van der Waals surface area (Å²) in [5, 5.41) is 4.08. The molecule has 128 valence electrons. The average molecular weight is 346 g/mol. The van der Waals surface area contributed by atoms with E-state index >= 15 is 0 Å². The van der Waals surface area contributed by atoms with Gasteiger partial charge in [-0.3, -0.25) is 4.79 Å². The molecule has 24 heavy (non-hydrogen) atoms. The van der Waals surface area contributed by atoms with Gasteiger partial charge in [-0.15, -0.1) is 0 Å². The van der Waals surface area contributed by atoms with Crippen LogP contribution in [-0.2, 0) is 9.53 Å². The molecule has 2 aliphatic heterocycles. The smallest absolute Gasteiger partial charge is 0.223 e. The van der Waals surface area contributed by atoms with Gasteiger partial charge in [0.1, 0.15) is 10.3 Å². The highest BCUT2D eigenvalue weighted by Crippen LogP contribution is 2.30. The third-order valence-corrected chi connectivity index (χ3v) is 5.86. The van der Waals surface area contributed by atoms with Gasteiger partial charge < -0.3 is 15.0 Å². The number of carbonyl (C=O) groups is 1. The normalized spacial score (nSPS) is 22.2. The number of hydrogen-bond donors (Lipinski definition) is 1. The monoisotopic (exact) mass is 346 g/mol. The van der Waals surface area contributed by atoms with E-state index in [1.54, 1.807) is 17.5 Å². The number of nitrogens with one attached hydrogen (secondary N) is 1. The number of aromatic nitrogens is 2. The van der Waals surface area contributed by atoms with Crippen LogP contribution in [0.2, 0.25) is 0 Å². The van der Waals surface area contributed by atoms with Crippen LogP contribution in [0.3, 0.4) is 0 Å². The number of ether oxygens (including phenoxy) is 1. The number of anilines is 1. The molecule has 2 saturated heterocycles. The highest BCUT2D eigenvalue weighted by molar-refractivity contribution is 7.21. The molecular weight excluding hydrogens is 324 g/mol. The fourth-order valence-corrected chi connectivity index (χ4v) is 4.35. The maximum absolute atomic E-state index is 12.3. The van der Waals surface area contributed by atoms with Gasteiger partial charge in [0.05, 0.1) is 6.10 Å². The van der Waals surface area contributed by atoms with E-state index in [9.17, 15) is 4.79 Å². The fraction of sp³-hybridized carbons (Fsp3) is 0.588. The van der Waals surface area contributed by atoms with Crippen molar-refractivity contribution in [3.8, 4) is 0 Å². The molecule has 2 aromatic rings. The molecule has 0 aliphatic carbocycles. The van der Waals surface area contributed by atoms with E-state index in [0.717, 1.165) is 60.9 Å². The van der Waals surface area contributed by atoms with Gasteiger partial charge >= 0.3 is 0 Å². The van der Waals surface area contributed by atoms with E-state index in [-0.39, 0.29) is 17.9 Å². The lowest BCUT2D eigenvalue weighted by Crippen LogP contribution is -2.42. The third-order valence-electron chi connectivity index (χ3n) is 4.82. The molecule has 0 aromatic carbocycles. The number of piperidine rings is 1. The van der Waals surface area contributed by atoms with Crippen LogP contribution < -0.4 is 10.2 Å². The van der Waals surface area contributed by atoms with Gasteiger partial charge in [0.25, 0.3) is 0 Å².